The van der Waals surface area contributed by atoms with E-state index in [2.05, 4.69) is 10.3 Å². The lowest BCUT2D eigenvalue weighted by molar-refractivity contribution is 0.619. The van der Waals surface area contributed by atoms with Gasteiger partial charge in [0.2, 0.25) is 0 Å². The molecule has 0 aliphatic heterocycles. The number of halogens is 2. The number of aromatic nitrogens is 1. The molecule has 5 heteroatoms. The van der Waals surface area contributed by atoms with Crippen LogP contribution < -0.4 is 5.32 Å². The quantitative estimate of drug-likeness (QED) is 0.840. The van der Waals surface area contributed by atoms with Crippen LogP contribution in [0.25, 0.3) is 0 Å². The Morgan fingerprint density at radius 3 is 2.59 bits per heavy atom. The van der Waals surface area contributed by atoms with Gasteiger partial charge in [0.25, 0.3) is 0 Å². The zero-order valence-corrected chi connectivity index (χ0v) is 10.2. The molecule has 17 heavy (non-hydrogen) atoms. The molecule has 0 saturated heterocycles. The molecule has 0 saturated carbocycles. The standard InChI is InChI=1S/C12H8ClFN2S/c13-8-1-3-9(4-2-8)16-12(17)10-5-6-15-7-11(10)14/h1-7H,(H,16,17). The molecule has 1 N–H and O–H groups in total. The molecule has 0 aliphatic carbocycles. The first kappa shape index (κ1) is 12.0. The van der Waals surface area contributed by atoms with Crippen LogP contribution in [0, 0.1) is 5.82 Å². The Labute approximate surface area is 108 Å². The monoisotopic (exact) mass is 266 g/mol. The summed E-state index contributed by atoms with van der Waals surface area (Å²) in [6.07, 6.45) is 2.62. The summed E-state index contributed by atoms with van der Waals surface area (Å²) in [6.45, 7) is 0. The molecule has 2 rings (SSSR count). The fourth-order valence-corrected chi connectivity index (χ4v) is 1.70. The molecule has 86 valence electrons. The van der Waals surface area contributed by atoms with Crippen LogP contribution in [-0.2, 0) is 0 Å². The van der Waals surface area contributed by atoms with Gasteiger partial charge in [0.05, 0.1) is 6.20 Å². The van der Waals surface area contributed by atoms with Crippen molar-refractivity contribution in [3.8, 4) is 0 Å². The smallest absolute Gasteiger partial charge is 0.151 e. The summed E-state index contributed by atoms with van der Waals surface area (Å²) in [5.41, 5.74) is 1.08. The lowest BCUT2D eigenvalue weighted by Crippen LogP contribution is -2.12. The van der Waals surface area contributed by atoms with E-state index in [9.17, 15) is 4.39 Å². The number of benzene rings is 1. The number of anilines is 1. The van der Waals surface area contributed by atoms with Crippen LogP contribution in [0.4, 0.5) is 10.1 Å². The fourth-order valence-electron chi connectivity index (χ4n) is 1.29. The first-order valence-corrected chi connectivity index (χ1v) is 5.62. The molecule has 1 heterocycles. The highest BCUT2D eigenvalue weighted by atomic mass is 35.5. The number of nitrogens with one attached hydrogen (secondary N) is 1. The number of pyridine rings is 1. The maximum absolute atomic E-state index is 13.4. The molecule has 0 fully saturated rings. The molecule has 2 nitrogen and oxygen atoms in total. The summed E-state index contributed by atoms with van der Waals surface area (Å²) in [5.74, 6) is -0.445. The van der Waals surface area contributed by atoms with Gasteiger partial charge in [-0.25, -0.2) is 4.39 Å². The molecule has 0 atom stereocenters. The van der Waals surface area contributed by atoms with E-state index in [0.29, 0.717) is 15.6 Å². The first-order chi connectivity index (χ1) is 8.16. The van der Waals surface area contributed by atoms with Gasteiger partial charge in [-0.15, -0.1) is 0 Å². The van der Waals surface area contributed by atoms with Gasteiger partial charge in [-0.3, -0.25) is 4.98 Å². The minimum atomic E-state index is -0.445. The predicted molar refractivity (Wildman–Crippen MR) is 71.0 cm³/mol. The van der Waals surface area contributed by atoms with Crippen LogP contribution in [-0.4, -0.2) is 9.97 Å². The Morgan fingerprint density at radius 2 is 1.94 bits per heavy atom. The Kier molecular flexibility index (Phi) is 3.66. The summed E-state index contributed by atoms with van der Waals surface area (Å²) in [5, 5.41) is 3.57. The lowest BCUT2D eigenvalue weighted by atomic mass is 10.2. The van der Waals surface area contributed by atoms with E-state index in [1.165, 1.54) is 12.3 Å². The van der Waals surface area contributed by atoms with Crippen molar-refractivity contribution in [1.82, 2.24) is 4.98 Å². The van der Waals surface area contributed by atoms with Crippen molar-refractivity contribution in [1.29, 1.82) is 0 Å². The molecular formula is C12H8ClFN2S. The average Bonchev–Trinajstić information content (AvgIpc) is 2.32. The fraction of sp³-hybridized carbons (Fsp3) is 0. The number of thiocarbonyl (C=S) groups is 1. The maximum atomic E-state index is 13.4. The highest BCUT2D eigenvalue weighted by Gasteiger charge is 2.07. The van der Waals surface area contributed by atoms with Gasteiger partial charge in [0.1, 0.15) is 4.99 Å². The summed E-state index contributed by atoms with van der Waals surface area (Å²) in [7, 11) is 0. The van der Waals surface area contributed by atoms with E-state index in [1.807, 2.05) is 0 Å². The molecule has 0 aliphatic rings. The molecule has 2 aromatic rings. The minimum absolute atomic E-state index is 0.312. The molecule has 1 aromatic heterocycles. The largest absolute Gasteiger partial charge is 0.346 e. The third-order valence-electron chi connectivity index (χ3n) is 2.12. The molecule has 0 unspecified atom stereocenters. The highest BCUT2D eigenvalue weighted by Crippen LogP contribution is 2.15. The van der Waals surface area contributed by atoms with Gasteiger partial charge in [0.15, 0.2) is 5.82 Å². The molecule has 0 amide bonds. The molecule has 0 spiro atoms. The van der Waals surface area contributed by atoms with Gasteiger partial charge in [-0.1, -0.05) is 23.8 Å². The summed E-state index contributed by atoms with van der Waals surface area (Å²) >= 11 is 10.9. The summed E-state index contributed by atoms with van der Waals surface area (Å²) in [6, 6.07) is 8.53. The topological polar surface area (TPSA) is 24.9 Å². The summed E-state index contributed by atoms with van der Waals surface area (Å²) < 4.78 is 13.4. The van der Waals surface area contributed by atoms with E-state index in [4.69, 9.17) is 23.8 Å². The Balaban J connectivity index is 2.17. The second-order valence-corrected chi connectivity index (χ2v) is 4.16. The number of hydrogen-bond acceptors (Lipinski definition) is 2. The van der Waals surface area contributed by atoms with Gasteiger partial charge in [0, 0.05) is 22.5 Å². The zero-order chi connectivity index (χ0) is 12.3. The van der Waals surface area contributed by atoms with Crippen molar-refractivity contribution in [2.45, 2.75) is 0 Å². The van der Waals surface area contributed by atoms with E-state index >= 15 is 0 Å². The Morgan fingerprint density at radius 1 is 1.24 bits per heavy atom. The zero-order valence-electron chi connectivity index (χ0n) is 8.65. The van der Waals surface area contributed by atoms with Crippen LogP contribution in [0.1, 0.15) is 5.56 Å². The van der Waals surface area contributed by atoms with Gasteiger partial charge in [-0.05, 0) is 30.3 Å². The molecule has 0 bridgehead atoms. The normalized spacial score (nSPS) is 10.0. The van der Waals surface area contributed by atoms with Crippen LogP contribution in [0.15, 0.2) is 42.7 Å². The van der Waals surface area contributed by atoms with Gasteiger partial charge >= 0.3 is 0 Å². The second kappa shape index (κ2) is 5.21. The first-order valence-electron chi connectivity index (χ1n) is 4.83. The Bertz CT molecular complexity index is 542. The van der Waals surface area contributed by atoms with Gasteiger partial charge < -0.3 is 5.32 Å². The van der Waals surface area contributed by atoms with E-state index in [-0.39, 0.29) is 0 Å². The summed E-state index contributed by atoms with van der Waals surface area (Å²) in [4.78, 5) is 3.98. The van der Waals surface area contributed by atoms with Crippen molar-refractivity contribution >= 4 is 34.5 Å². The number of hydrogen-bond donors (Lipinski definition) is 1. The minimum Gasteiger partial charge on any atom is -0.346 e. The van der Waals surface area contributed by atoms with Crippen molar-refractivity contribution < 1.29 is 4.39 Å². The Hall–Kier alpha value is -1.52. The molecule has 1 aromatic carbocycles. The lowest BCUT2D eigenvalue weighted by Gasteiger charge is -2.08. The maximum Gasteiger partial charge on any atom is 0.151 e. The SMILES string of the molecule is Fc1cnccc1C(=S)Nc1ccc(Cl)cc1. The van der Waals surface area contributed by atoms with Gasteiger partial charge in [-0.2, -0.15) is 0 Å². The third-order valence-corrected chi connectivity index (χ3v) is 2.69. The van der Waals surface area contributed by atoms with Crippen molar-refractivity contribution in [3.63, 3.8) is 0 Å². The van der Waals surface area contributed by atoms with Crippen LogP contribution >= 0.6 is 23.8 Å². The average molecular weight is 267 g/mol. The highest BCUT2D eigenvalue weighted by molar-refractivity contribution is 7.81. The van der Waals surface area contributed by atoms with E-state index in [1.54, 1.807) is 24.3 Å². The number of nitrogens with zero attached hydrogens (tertiary/aromatic N) is 1. The second-order valence-electron chi connectivity index (χ2n) is 3.32. The van der Waals surface area contributed by atoms with Crippen molar-refractivity contribution in [2.24, 2.45) is 0 Å². The van der Waals surface area contributed by atoms with Crippen LogP contribution in [0.5, 0.6) is 0 Å². The van der Waals surface area contributed by atoms with Crippen molar-refractivity contribution in [3.05, 3.63) is 59.1 Å². The van der Waals surface area contributed by atoms with Crippen molar-refractivity contribution in [2.75, 3.05) is 5.32 Å². The van der Waals surface area contributed by atoms with E-state index in [0.717, 1.165) is 11.9 Å². The number of rotatable bonds is 2. The van der Waals surface area contributed by atoms with Crippen LogP contribution in [0.3, 0.4) is 0 Å². The molecular weight excluding hydrogens is 259 g/mol. The van der Waals surface area contributed by atoms with E-state index < -0.39 is 5.82 Å². The molecule has 0 radical (unpaired) electrons. The van der Waals surface area contributed by atoms with Crippen LogP contribution in [0.2, 0.25) is 5.02 Å². The predicted octanol–water partition coefficient (Wildman–Crippen LogP) is 3.66. The third kappa shape index (κ3) is 2.99.